The number of carbonyl (C=O) groups excluding carboxylic acids is 2. The van der Waals surface area contributed by atoms with Gasteiger partial charge in [0.05, 0.1) is 10.5 Å². The van der Waals surface area contributed by atoms with E-state index < -0.39 is 28.6 Å². The second-order valence-electron chi connectivity index (χ2n) is 7.29. The van der Waals surface area contributed by atoms with Crippen molar-refractivity contribution in [2.75, 3.05) is 0 Å². The molecule has 0 bridgehead atoms. The monoisotopic (exact) mass is 364 g/mol. The third kappa shape index (κ3) is 5.18. The van der Waals surface area contributed by atoms with Crippen LogP contribution in [0.25, 0.3) is 0 Å². The molecule has 0 heterocycles. The molecular weight excluding hydrogens is 340 g/mol. The topological polar surface area (TPSA) is 99.0 Å². The molecule has 0 radical (unpaired) electrons. The number of rotatable bonds is 6. The van der Waals surface area contributed by atoms with Crippen molar-refractivity contribution in [2.24, 2.45) is 0 Å². The van der Waals surface area contributed by atoms with Crippen LogP contribution in [0.5, 0.6) is 0 Å². The molecule has 1 aliphatic rings. The van der Waals surface area contributed by atoms with Crippen LogP contribution in [0.4, 0.5) is 10.5 Å². The van der Waals surface area contributed by atoms with Crippen LogP contribution >= 0.6 is 0 Å². The zero-order valence-electron chi connectivity index (χ0n) is 15.4. The van der Waals surface area contributed by atoms with E-state index in [1.54, 1.807) is 39.8 Å². The zero-order chi connectivity index (χ0) is 19.5. The highest BCUT2D eigenvalue weighted by Gasteiger charge is 2.41. The molecule has 0 saturated heterocycles. The number of para-hydroxylation sites is 1. The number of nitro groups is 1. The van der Waals surface area contributed by atoms with Gasteiger partial charge in [-0.05, 0) is 46.6 Å². The lowest BCUT2D eigenvalue weighted by atomic mass is 10.2. The molecule has 1 unspecified atom stereocenters. The van der Waals surface area contributed by atoms with Gasteiger partial charge in [0.2, 0.25) is 0 Å². The minimum Gasteiger partial charge on any atom is -0.459 e. The van der Waals surface area contributed by atoms with Crippen molar-refractivity contribution < 1.29 is 24.0 Å². The Labute approximate surface area is 152 Å². The van der Waals surface area contributed by atoms with Crippen LogP contribution in [-0.4, -0.2) is 39.6 Å². The summed E-state index contributed by atoms with van der Waals surface area (Å²) in [5, 5.41) is 11.0. The standard InChI is InChI=1S/C18H24N2O6/c1-12(19(14-9-10-14)17(22)26-18(2,3)4)16(21)25-11-13-7-5-6-8-15(13)20(23)24/h5-8,12,14H,9-11H2,1-4H3. The number of nitro benzene ring substituents is 1. The highest BCUT2D eigenvalue weighted by Crippen LogP contribution is 2.31. The molecule has 0 aromatic heterocycles. The number of esters is 1. The van der Waals surface area contributed by atoms with Crippen molar-refractivity contribution in [3.8, 4) is 0 Å². The number of nitrogens with zero attached hydrogens (tertiary/aromatic N) is 2. The first-order valence-corrected chi connectivity index (χ1v) is 8.50. The van der Waals surface area contributed by atoms with Crippen LogP contribution < -0.4 is 0 Å². The maximum Gasteiger partial charge on any atom is 0.411 e. The average Bonchev–Trinajstić information content (AvgIpc) is 3.35. The van der Waals surface area contributed by atoms with Gasteiger partial charge in [0.15, 0.2) is 0 Å². The summed E-state index contributed by atoms with van der Waals surface area (Å²) in [7, 11) is 0. The number of hydrogen-bond donors (Lipinski definition) is 0. The van der Waals surface area contributed by atoms with Crippen LogP contribution in [0.15, 0.2) is 24.3 Å². The van der Waals surface area contributed by atoms with Crippen molar-refractivity contribution >= 4 is 17.7 Å². The Bertz CT molecular complexity index is 693. The van der Waals surface area contributed by atoms with Crippen molar-refractivity contribution in [3.63, 3.8) is 0 Å². The van der Waals surface area contributed by atoms with E-state index in [9.17, 15) is 19.7 Å². The number of benzene rings is 1. The van der Waals surface area contributed by atoms with E-state index in [-0.39, 0.29) is 18.3 Å². The first-order chi connectivity index (χ1) is 12.1. The van der Waals surface area contributed by atoms with E-state index >= 15 is 0 Å². The third-order valence-electron chi connectivity index (χ3n) is 3.86. The molecule has 2 rings (SSSR count). The Morgan fingerprint density at radius 2 is 1.92 bits per heavy atom. The van der Waals surface area contributed by atoms with Crippen LogP contribution in [0, 0.1) is 10.1 Å². The van der Waals surface area contributed by atoms with Crippen LogP contribution in [-0.2, 0) is 20.9 Å². The van der Waals surface area contributed by atoms with Crippen molar-refractivity contribution in [3.05, 3.63) is 39.9 Å². The summed E-state index contributed by atoms with van der Waals surface area (Å²) in [6, 6.07) is 5.19. The van der Waals surface area contributed by atoms with Gasteiger partial charge in [-0.25, -0.2) is 9.59 Å². The number of hydrogen-bond acceptors (Lipinski definition) is 6. The molecule has 1 fully saturated rings. The summed E-state index contributed by atoms with van der Waals surface area (Å²) in [6.45, 7) is 6.62. The Kier molecular flexibility index (Phi) is 5.84. The smallest absolute Gasteiger partial charge is 0.411 e. The fraction of sp³-hybridized carbons (Fsp3) is 0.556. The molecule has 1 aliphatic carbocycles. The maximum atomic E-state index is 12.4. The Balaban J connectivity index is 2.03. The van der Waals surface area contributed by atoms with E-state index in [2.05, 4.69) is 0 Å². The van der Waals surface area contributed by atoms with Gasteiger partial charge in [0, 0.05) is 12.1 Å². The molecule has 0 aliphatic heterocycles. The third-order valence-corrected chi connectivity index (χ3v) is 3.86. The number of carbonyl (C=O) groups is 2. The van der Waals surface area contributed by atoms with Crippen LogP contribution in [0.3, 0.4) is 0 Å². The van der Waals surface area contributed by atoms with Gasteiger partial charge < -0.3 is 9.47 Å². The number of ether oxygens (including phenoxy) is 2. The SMILES string of the molecule is CC(C(=O)OCc1ccccc1[N+](=O)[O-])N(C(=O)OC(C)(C)C)C1CC1. The van der Waals surface area contributed by atoms with E-state index in [1.165, 1.54) is 17.0 Å². The maximum absolute atomic E-state index is 12.4. The quantitative estimate of drug-likeness (QED) is 0.436. The fourth-order valence-corrected chi connectivity index (χ4v) is 2.48. The first kappa shape index (κ1) is 19.7. The summed E-state index contributed by atoms with van der Waals surface area (Å²) >= 11 is 0. The van der Waals surface area contributed by atoms with Gasteiger partial charge in [-0.1, -0.05) is 12.1 Å². The molecule has 1 aromatic rings. The van der Waals surface area contributed by atoms with E-state index in [0.29, 0.717) is 5.56 Å². The zero-order valence-corrected chi connectivity index (χ0v) is 15.4. The van der Waals surface area contributed by atoms with Crippen LogP contribution in [0.1, 0.15) is 46.1 Å². The second kappa shape index (κ2) is 7.72. The predicted octanol–water partition coefficient (Wildman–Crippen LogP) is 3.43. The van der Waals surface area contributed by atoms with Crippen LogP contribution in [0.2, 0.25) is 0 Å². The molecule has 1 amide bonds. The summed E-state index contributed by atoms with van der Waals surface area (Å²) < 4.78 is 10.6. The average molecular weight is 364 g/mol. The Morgan fingerprint density at radius 3 is 2.46 bits per heavy atom. The summed E-state index contributed by atoms with van der Waals surface area (Å²) in [5.74, 6) is -0.624. The Morgan fingerprint density at radius 1 is 1.31 bits per heavy atom. The minimum atomic E-state index is -0.833. The van der Waals surface area contributed by atoms with E-state index in [0.717, 1.165) is 12.8 Å². The predicted molar refractivity (Wildman–Crippen MR) is 93.4 cm³/mol. The first-order valence-electron chi connectivity index (χ1n) is 8.50. The lowest BCUT2D eigenvalue weighted by Gasteiger charge is -2.30. The highest BCUT2D eigenvalue weighted by molar-refractivity contribution is 5.81. The lowest BCUT2D eigenvalue weighted by Crippen LogP contribution is -2.47. The molecule has 1 saturated carbocycles. The van der Waals surface area contributed by atoms with Gasteiger partial charge in [-0.15, -0.1) is 0 Å². The molecule has 26 heavy (non-hydrogen) atoms. The molecular formula is C18H24N2O6. The Hall–Kier alpha value is -2.64. The summed E-state index contributed by atoms with van der Waals surface area (Å²) in [5.41, 5.74) is -0.481. The second-order valence-corrected chi connectivity index (χ2v) is 7.29. The van der Waals surface area contributed by atoms with Crippen molar-refractivity contribution in [1.82, 2.24) is 4.90 Å². The van der Waals surface area contributed by atoms with E-state index in [4.69, 9.17) is 9.47 Å². The van der Waals surface area contributed by atoms with Crippen molar-refractivity contribution in [2.45, 2.75) is 64.8 Å². The normalized spacial score (nSPS) is 15.1. The molecule has 0 spiro atoms. The van der Waals surface area contributed by atoms with Gasteiger partial charge in [0.25, 0.3) is 5.69 Å². The van der Waals surface area contributed by atoms with E-state index in [1.807, 2.05) is 0 Å². The molecule has 0 N–H and O–H groups in total. The summed E-state index contributed by atoms with van der Waals surface area (Å²) in [6.07, 6.45) is 1.05. The van der Waals surface area contributed by atoms with Crippen molar-refractivity contribution in [1.29, 1.82) is 0 Å². The molecule has 142 valence electrons. The van der Waals surface area contributed by atoms with Gasteiger partial charge in [0.1, 0.15) is 18.2 Å². The number of amides is 1. The largest absolute Gasteiger partial charge is 0.459 e. The fourth-order valence-electron chi connectivity index (χ4n) is 2.48. The summed E-state index contributed by atoms with van der Waals surface area (Å²) in [4.78, 5) is 36.7. The highest BCUT2D eigenvalue weighted by atomic mass is 16.6. The van der Waals surface area contributed by atoms with Gasteiger partial charge in [-0.2, -0.15) is 0 Å². The molecule has 8 nitrogen and oxygen atoms in total. The minimum absolute atomic E-state index is 0.0431. The van der Waals surface area contributed by atoms with Gasteiger partial charge >= 0.3 is 12.1 Å². The molecule has 1 atom stereocenters. The lowest BCUT2D eigenvalue weighted by molar-refractivity contribution is -0.385. The van der Waals surface area contributed by atoms with Gasteiger partial charge in [-0.3, -0.25) is 15.0 Å². The molecule has 8 heteroatoms. The molecule has 1 aromatic carbocycles.